The highest BCUT2D eigenvalue weighted by molar-refractivity contribution is 6.68. The van der Waals surface area contributed by atoms with Crippen LogP contribution in [0.25, 0.3) is 0 Å². The van der Waals surface area contributed by atoms with Gasteiger partial charge in [-0.15, -0.1) is 0 Å². The van der Waals surface area contributed by atoms with Crippen LogP contribution in [0.1, 0.15) is 16.7 Å². The average molecular weight is 429 g/mol. The maximum Gasteiger partial charge on any atom is 0.216 e. The zero-order chi connectivity index (χ0) is 14.4. The molecule has 0 heterocycles. The molecule has 0 atom stereocenters. The van der Waals surface area contributed by atoms with Gasteiger partial charge in [-0.05, 0) is 18.2 Å². The minimum atomic E-state index is -1.78. The third-order valence-corrected chi connectivity index (χ3v) is 3.68. The molecule has 9 heteroatoms. The van der Waals surface area contributed by atoms with Crippen molar-refractivity contribution in [2.24, 2.45) is 0 Å². The Hall–Kier alpha value is 1.83. The van der Waals surface area contributed by atoms with E-state index in [1.54, 1.807) is 0 Å². The Morgan fingerprint density at radius 2 is 0.944 bits per heavy atom. The number of hydrogen-bond donors (Lipinski definition) is 0. The topological polar surface area (TPSA) is 0 Å². The van der Waals surface area contributed by atoms with Crippen molar-refractivity contribution in [3.63, 3.8) is 0 Å². The van der Waals surface area contributed by atoms with Gasteiger partial charge in [0.1, 0.15) is 0 Å². The van der Waals surface area contributed by atoms with Crippen LogP contribution in [-0.2, 0) is 11.4 Å². The van der Waals surface area contributed by atoms with Crippen LogP contribution in [0.4, 0.5) is 0 Å². The minimum absolute atomic E-state index is 0.109. The molecule has 0 aliphatic carbocycles. The van der Waals surface area contributed by atoms with Gasteiger partial charge >= 0.3 is 0 Å². The van der Waals surface area contributed by atoms with Crippen LogP contribution in [0.3, 0.4) is 0 Å². The second kappa shape index (κ2) is 5.91. The quantitative estimate of drug-likeness (QED) is 0.391. The van der Waals surface area contributed by atoms with E-state index in [2.05, 4.69) is 6.07 Å². The lowest BCUT2D eigenvalue weighted by Crippen LogP contribution is -2.11. The normalized spacial score (nSPS) is 13.8. The van der Waals surface area contributed by atoms with Crippen LogP contribution >= 0.6 is 104 Å². The van der Waals surface area contributed by atoms with Gasteiger partial charge in [0.05, 0.1) is 0 Å². The van der Waals surface area contributed by atoms with E-state index in [0.29, 0.717) is 0 Å². The summed E-state index contributed by atoms with van der Waals surface area (Å²) >= 11 is 51.7. The largest absolute Gasteiger partial charge is 0.216 e. The molecule has 1 radical (unpaired) electrons. The SMILES string of the molecule is ClC(Cl)(Cl)c1[c]c(C(Cl)(Cl)Cl)cc(C(Cl)(Cl)Cl)c1. The predicted molar refractivity (Wildman–Crippen MR) is 83.0 cm³/mol. The number of benzene rings is 1. The van der Waals surface area contributed by atoms with Gasteiger partial charge in [-0.1, -0.05) is 104 Å². The van der Waals surface area contributed by atoms with Crippen LogP contribution in [0.2, 0.25) is 0 Å². The van der Waals surface area contributed by atoms with E-state index in [-0.39, 0.29) is 16.7 Å². The molecule has 1 aromatic rings. The number of rotatable bonds is 0. The lowest BCUT2D eigenvalue weighted by molar-refractivity contribution is 1.11. The van der Waals surface area contributed by atoms with E-state index >= 15 is 0 Å². The summed E-state index contributed by atoms with van der Waals surface area (Å²) in [5.41, 5.74) is 0.421. The van der Waals surface area contributed by atoms with Crippen molar-refractivity contribution in [2.45, 2.75) is 11.4 Å². The highest BCUT2D eigenvalue weighted by Crippen LogP contribution is 2.47. The van der Waals surface area contributed by atoms with E-state index in [1.807, 2.05) is 0 Å². The molecule has 0 aliphatic heterocycles. The summed E-state index contributed by atoms with van der Waals surface area (Å²) in [6.45, 7) is 0. The Bertz CT molecular complexity index is 356. The van der Waals surface area contributed by atoms with Crippen molar-refractivity contribution >= 4 is 104 Å². The first kappa shape index (κ1) is 17.9. The number of hydrogen-bond acceptors (Lipinski definition) is 0. The minimum Gasteiger partial charge on any atom is -0.0784 e. The summed E-state index contributed by atoms with van der Waals surface area (Å²) in [4.78, 5) is 0. The van der Waals surface area contributed by atoms with Gasteiger partial charge in [0.2, 0.25) is 11.4 Å². The van der Waals surface area contributed by atoms with Gasteiger partial charge in [-0.25, -0.2) is 0 Å². The van der Waals surface area contributed by atoms with Crippen molar-refractivity contribution in [1.82, 2.24) is 0 Å². The zero-order valence-corrected chi connectivity index (χ0v) is 14.9. The summed E-state index contributed by atoms with van der Waals surface area (Å²) < 4.78 is -5.31. The third kappa shape index (κ3) is 4.98. The van der Waals surface area contributed by atoms with Crippen LogP contribution in [0.15, 0.2) is 12.1 Å². The Kier molecular flexibility index (Phi) is 5.87. The fourth-order valence-corrected chi connectivity index (χ4v) is 1.98. The Morgan fingerprint density at radius 1 is 0.611 bits per heavy atom. The monoisotopic (exact) mass is 425 g/mol. The maximum absolute atomic E-state index is 5.76. The first-order chi connectivity index (χ1) is 7.82. The van der Waals surface area contributed by atoms with E-state index in [1.165, 1.54) is 12.1 Å². The summed E-state index contributed by atoms with van der Waals surface area (Å²) in [7, 11) is 0. The highest BCUT2D eigenvalue weighted by atomic mass is 35.6. The molecular weight excluding hydrogens is 427 g/mol. The molecule has 1 rings (SSSR count). The second-order valence-electron chi connectivity index (χ2n) is 3.19. The van der Waals surface area contributed by atoms with Gasteiger partial charge < -0.3 is 0 Å². The summed E-state index contributed by atoms with van der Waals surface area (Å²) in [5, 5.41) is 0. The molecule has 1 aromatic carbocycles. The molecule has 18 heavy (non-hydrogen) atoms. The molecule has 0 N–H and O–H groups in total. The molecule has 0 fully saturated rings. The van der Waals surface area contributed by atoms with Crippen molar-refractivity contribution < 1.29 is 0 Å². The highest BCUT2D eigenvalue weighted by Gasteiger charge is 2.33. The molecule has 0 saturated heterocycles. The fraction of sp³-hybridized carbons (Fsp3) is 0.333. The first-order valence-corrected chi connectivity index (χ1v) is 7.51. The Labute approximate surface area is 149 Å². The van der Waals surface area contributed by atoms with Crippen LogP contribution < -0.4 is 0 Å². The molecule has 0 bridgehead atoms. The van der Waals surface area contributed by atoms with Gasteiger partial charge in [0.25, 0.3) is 0 Å². The number of halogens is 9. The molecule has 0 aromatic heterocycles. The Morgan fingerprint density at radius 3 is 1.17 bits per heavy atom. The standard InChI is InChI=1S/C9H2Cl9/c10-7(11,12)4-1-5(8(13,14)15)3-6(2-4)9(16,17)18/h1-2H. The van der Waals surface area contributed by atoms with E-state index in [9.17, 15) is 0 Å². The third-order valence-electron chi connectivity index (χ3n) is 1.81. The molecule has 0 saturated carbocycles. The van der Waals surface area contributed by atoms with Crippen molar-refractivity contribution in [3.05, 3.63) is 34.9 Å². The molecular formula is C9H2Cl9. The van der Waals surface area contributed by atoms with Gasteiger partial charge in [0.15, 0.2) is 0 Å². The predicted octanol–water partition coefficient (Wildman–Crippen LogP) is 6.97. The fourth-order valence-electron chi connectivity index (χ4n) is 1.04. The lowest BCUT2D eigenvalue weighted by atomic mass is 10.1. The van der Waals surface area contributed by atoms with Crippen LogP contribution in [0.5, 0.6) is 0 Å². The summed E-state index contributed by atoms with van der Waals surface area (Å²) in [6.07, 6.45) is 0. The first-order valence-electron chi connectivity index (χ1n) is 4.11. The molecule has 0 nitrogen and oxygen atoms in total. The van der Waals surface area contributed by atoms with Crippen molar-refractivity contribution in [1.29, 1.82) is 0 Å². The van der Waals surface area contributed by atoms with Gasteiger partial charge in [0, 0.05) is 16.7 Å². The lowest BCUT2D eigenvalue weighted by Gasteiger charge is -2.20. The average Bonchev–Trinajstić information content (AvgIpc) is 2.13. The summed E-state index contributed by atoms with van der Waals surface area (Å²) in [6, 6.07) is 5.39. The van der Waals surface area contributed by atoms with E-state index < -0.39 is 11.4 Å². The van der Waals surface area contributed by atoms with Crippen LogP contribution in [-0.4, -0.2) is 0 Å². The van der Waals surface area contributed by atoms with Gasteiger partial charge in [-0.2, -0.15) is 0 Å². The smallest absolute Gasteiger partial charge is 0.0784 e. The zero-order valence-electron chi connectivity index (χ0n) is 8.06. The van der Waals surface area contributed by atoms with E-state index in [4.69, 9.17) is 104 Å². The second-order valence-corrected chi connectivity index (χ2v) is 10.0. The van der Waals surface area contributed by atoms with Crippen LogP contribution in [0, 0.1) is 6.07 Å². The molecule has 0 spiro atoms. The van der Waals surface area contributed by atoms with Gasteiger partial charge in [-0.3, -0.25) is 0 Å². The number of alkyl halides is 9. The van der Waals surface area contributed by atoms with Crippen molar-refractivity contribution in [2.75, 3.05) is 0 Å². The Balaban J connectivity index is 3.49. The molecule has 0 amide bonds. The molecule has 0 aliphatic rings. The molecule has 0 unspecified atom stereocenters. The van der Waals surface area contributed by atoms with E-state index in [0.717, 1.165) is 0 Å². The molecule has 101 valence electrons. The summed E-state index contributed by atoms with van der Waals surface area (Å²) in [5.74, 6) is 0. The maximum atomic E-state index is 5.76. The van der Waals surface area contributed by atoms with Crippen molar-refractivity contribution in [3.8, 4) is 0 Å².